The average molecular weight is 247 g/mol. The van der Waals surface area contributed by atoms with Crippen LogP contribution in [0.5, 0.6) is 5.75 Å². The van der Waals surface area contributed by atoms with Crippen LogP contribution in [-0.2, 0) is 12.8 Å². The molecule has 0 unspecified atom stereocenters. The Kier molecular flexibility index (Phi) is 3.79. The number of phenols is 1. The lowest BCUT2D eigenvalue weighted by molar-refractivity contribution is 0.475. The fraction of sp³-hybridized carbons (Fsp3) is 0.357. The lowest BCUT2D eigenvalue weighted by atomic mass is 10.2. The second-order valence-corrected chi connectivity index (χ2v) is 5.12. The van der Waals surface area contributed by atoms with Gasteiger partial charge in [0.2, 0.25) is 0 Å². The third-order valence-corrected chi connectivity index (χ3v) is 3.99. The number of aryl methyl sites for hydroxylation is 2. The first-order valence-corrected chi connectivity index (χ1v) is 6.84. The molecule has 3 heteroatoms. The summed E-state index contributed by atoms with van der Waals surface area (Å²) in [5, 5.41) is 10.3. The molecule has 17 heavy (non-hydrogen) atoms. The van der Waals surface area contributed by atoms with Gasteiger partial charge in [-0.3, -0.25) is 0 Å². The van der Waals surface area contributed by atoms with Gasteiger partial charge in [0.1, 0.15) is 10.8 Å². The van der Waals surface area contributed by atoms with E-state index < -0.39 is 0 Å². The molecule has 0 fully saturated rings. The highest BCUT2D eigenvalue weighted by Gasteiger charge is 2.10. The monoisotopic (exact) mass is 247 g/mol. The first kappa shape index (κ1) is 12.1. The quantitative estimate of drug-likeness (QED) is 0.884. The molecule has 0 aliphatic carbocycles. The van der Waals surface area contributed by atoms with Crippen LogP contribution >= 0.6 is 11.3 Å². The molecular weight excluding hydrogens is 230 g/mol. The van der Waals surface area contributed by atoms with Crippen LogP contribution in [0.25, 0.3) is 10.6 Å². The molecule has 0 aliphatic rings. The summed E-state index contributed by atoms with van der Waals surface area (Å²) in [6.07, 6.45) is 3.23. The molecule has 0 spiro atoms. The van der Waals surface area contributed by atoms with Crippen molar-refractivity contribution in [2.24, 2.45) is 0 Å². The van der Waals surface area contributed by atoms with Crippen molar-refractivity contribution >= 4 is 11.3 Å². The Morgan fingerprint density at radius 1 is 1.18 bits per heavy atom. The van der Waals surface area contributed by atoms with Gasteiger partial charge in [0.05, 0.1) is 5.69 Å². The maximum Gasteiger partial charge on any atom is 0.123 e. The summed E-state index contributed by atoms with van der Waals surface area (Å²) in [4.78, 5) is 6.09. The number of rotatable bonds is 4. The summed E-state index contributed by atoms with van der Waals surface area (Å²) >= 11 is 1.77. The maximum atomic E-state index is 9.28. The lowest BCUT2D eigenvalue weighted by Crippen LogP contribution is -1.88. The Labute approximate surface area is 106 Å². The predicted molar refractivity (Wildman–Crippen MR) is 72.6 cm³/mol. The maximum absolute atomic E-state index is 9.28. The number of nitrogens with zero attached hydrogens (tertiary/aromatic N) is 1. The van der Waals surface area contributed by atoms with Crippen LogP contribution in [-0.4, -0.2) is 10.1 Å². The standard InChI is InChI=1S/C14H17NOS/c1-3-5-12-13(4-2)17-14(15-12)10-6-8-11(16)9-7-10/h6-9,16H,3-5H2,1-2H3. The first-order valence-electron chi connectivity index (χ1n) is 6.02. The summed E-state index contributed by atoms with van der Waals surface area (Å²) in [5.74, 6) is 0.301. The molecule has 1 aromatic heterocycles. The van der Waals surface area contributed by atoms with Crippen molar-refractivity contribution in [1.29, 1.82) is 0 Å². The molecule has 2 aromatic rings. The number of hydrogen-bond acceptors (Lipinski definition) is 3. The number of aromatic nitrogens is 1. The van der Waals surface area contributed by atoms with Crippen molar-refractivity contribution in [2.75, 3.05) is 0 Å². The minimum atomic E-state index is 0.301. The zero-order valence-corrected chi connectivity index (χ0v) is 11.0. The Morgan fingerprint density at radius 2 is 1.88 bits per heavy atom. The smallest absolute Gasteiger partial charge is 0.123 e. The molecule has 0 aliphatic heterocycles. The van der Waals surface area contributed by atoms with Gasteiger partial charge in [-0.25, -0.2) is 4.98 Å². The largest absolute Gasteiger partial charge is 0.508 e. The van der Waals surface area contributed by atoms with Crippen molar-refractivity contribution in [2.45, 2.75) is 33.1 Å². The third kappa shape index (κ3) is 2.67. The molecule has 0 saturated carbocycles. The van der Waals surface area contributed by atoms with Gasteiger partial charge in [-0.05, 0) is 37.1 Å². The lowest BCUT2D eigenvalue weighted by Gasteiger charge is -1.96. The zero-order valence-electron chi connectivity index (χ0n) is 10.2. The van der Waals surface area contributed by atoms with E-state index >= 15 is 0 Å². The van der Waals surface area contributed by atoms with Crippen LogP contribution in [0.2, 0.25) is 0 Å². The molecule has 0 saturated heterocycles. The van der Waals surface area contributed by atoms with E-state index in [4.69, 9.17) is 4.98 Å². The second kappa shape index (κ2) is 5.32. The van der Waals surface area contributed by atoms with Crippen LogP contribution < -0.4 is 0 Å². The molecule has 1 heterocycles. The Balaban J connectivity index is 2.35. The molecular formula is C14H17NOS. The van der Waals surface area contributed by atoms with Crippen LogP contribution in [0.3, 0.4) is 0 Å². The number of hydrogen-bond donors (Lipinski definition) is 1. The van der Waals surface area contributed by atoms with Gasteiger partial charge in [-0.2, -0.15) is 0 Å². The molecule has 1 aromatic carbocycles. The van der Waals surface area contributed by atoms with Crippen molar-refractivity contribution < 1.29 is 5.11 Å². The Morgan fingerprint density at radius 3 is 2.47 bits per heavy atom. The number of thiazole rings is 1. The van der Waals surface area contributed by atoms with E-state index in [1.165, 1.54) is 10.6 Å². The van der Waals surface area contributed by atoms with Crippen LogP contribution in [0.15, 0.2) is 24.3 Å². The molecule has 0 atom stereocenters. The van der Waals surface area contributed by atoms with Gasteiger partial charge in [-0.1, -0.05) is 20.3 Å². The topological polar surface area (TPSA) is 33.1 Å². The molecule has 0 amide bonds. The van der Waals surface area contributed by atoms with Crippen LogP contribution in [0, 0.1) is 0 Å². The van der Waals surface area contributed by atoms with E-state index in [1.54, 1.807) is 23.5 Å². The van der Waals surface area contributed by atoms with Crippen LogP contribution in [0.1, 0.15) is 30.8 Å². The van der Waals surface area contributed by atoms with Crippen molar-refractivity contribution in [3.05, 3.63) is 34.8 Å². The number of aromatic hydroxyl groups is 1. The van der Waals surface area contributed by atoms with E-state index in [9.17, 15) is 5.11 Å². The average Bonchev–Trinajstić information content (AvgIpc) is 2.74. The number of phenolic OH excluding ortho intramolecular Hbond substituents is 1. The van der Waals surface area contributed by atoms with Gasteiger partial charge < -0.3 is 5.11 Å². The number of benzene rings is 1. The first-order chi connectivity index (χ1) is 8.24. The Bertz CT molecular complexity index is 487. The summed E-state index contributed by atoms with van der Waals surface area (Å²) in [6, 6.07) is 7.26. The third-order valence-electron chi connectivity index (χ3n) is 2.70. The van der Waals surface area contributed by atoms with Gasteiger partial charge in [-0.15, -0.1) is 11.3 Å². The highest BCUT2D eigenvalue weighted by Crippen LogP contribution is 2.30. The van der Waals surface area contributed by atoms with E-state index in [-0.39, 0.29) is 0 Å². The SMILES string of the molecule is CCCc1nc(-c2ccc(O)cc2)sc1CC. The van der Waals surface area contributed by atoms with Crippen LogP contribution in [0.4, 0.5) is 0 Å². The van der Waals surface area contributed by atoms with Gasteiger partial charge in [0.15, 0.2) is 0 Å². The highest BCUT2D eigenvalue weighted by atomic mass is 32.1. The summed E-state index contributed by atoms with van der Waals surface area (Å²) in [6.45, 7) is 4.35. The fourth-order valence-corrected chi connectivity index (χ4v) is 2.87. The van der Waals surface area contributed by atoms with Crippen molar-refractivity contribution in [3.63, 3.8) is 0 Å². The van der Waals surface area contributed by atoms with E-state index in [2.05, 4.69) is 13.8 Å². The Hall–Kier alpha value is -1.35. The summed E-state index contributed by atoms with van der Waals surface area (Å²) < 4.78 is 0. The molecule has 90 valence electrons. The van der Waals surface area contributed by atoms with Crippen molar-refractivity contribution in [3.8, 4) is 16.3 Å². The van der Waals surface area contributed by atoms with Crippen molar-refractivity contribution in [1.82, 2.24) is 4.98 Å². The fourth-order valence-electron chi connectivity index (χ4n) is 1.82. The normalized spacial score (nSPS) is 10.7. The van der Waals surface area contributed by atoms with E-state index in [0.717, 1.165) is 29.8 Å². The minimum Gasteiger partial charge on any atom is -0.508 e. The molecule has 2 nitrogen and oxygen atoms in total. The van der Waals surface area contributed by atoms with Gasteiger partial charge in [0.25, 0.3) is 0 Å². The predicted octanol–water partition coefficient (Wildman–Crippen LogP) is 4.03. The summed E-state index contributed by atoms with van der Waals surface area (Å²) in [7, 11) is 0. The molecule has 0 radical (unpaired) electrons. The van der Waals surface area contributed by atoms with Gasteiger partial charge in [0, 0.05) is 10.4 Å². The minimum absolute atomic E-state index is 0.301. The van der Waals surface area contributed by atoms with E-state index in [1.807, 2.05) is 12.1 Å². The van der Waals surface area contributed by atoms with E-state index in [0.29, 0.717) is 5.75 Å². The molecule has 2 rings (SSSR count). The summed E-state index contributed by atoms with van der Waals surface area (Å²) in [5.41, 5.74) is 2.33. The molecule has 1 N–H and O–H groups in total. The zero-order chi connectivity index (χ0) is 12.3. The van der Waals surface area contributed by atoms with Gasteiger partial charge >= 0.3 is 0 Å². The second-order valence-electron chi connectivity index (χ2n) is 4.04. The highest BCUT2D eigenvalue weighted by molar-refractivity contribution is 7.15. The molecule has 0 bridgehead atoms.